The lowest BCUT2D eigenvalue weighted by Gasteiger charge is -2.26. The van der Waals surface area contributed by atoms with Crippen molar-refractivity contribution in [1.82, 2.24) is 4.98 Å². The van der Waals surface area contributed by atoms with Gasteiger partial charge in [-0.2, -0.15) is 13.2 Å². The molecule has 0 aliphatic heterocycles. The highest BCUT2D eigenvalue weighted by atomic mass is 79.9. The van der Waals surface area contributed by atoms with Crippen LogP contribution in [0.1, 0.15) is 52.0 Å². The van der Waals surface area contributed by atoms with Crippen LogP contribution in [0.5, 0.6) is 0 Å². The van der Waals surface area contributed by atoms with Gasteiger partial charge in [-0.3, -0.25) is 0 Å². The largest absolute Gasteiger partial charge is 0.419 e. The average molecular weight is 367 g/mol. The zero-order valence-electron chi connectivity index (χ0n) is 12.6. The molecule has 0 aromatic carbocycles. The van der Waals surface area contributed by atoms with E-state index in [2.05, 4.69) is 47.0 Å². The minimum Gasteiger partial charge on any atom is -0.369 e. The molecule has 1 N–H and O–H groups in total. The van der Waals surface area contributed by atoms with E-state index in [4.69, 9.17) is 0 Å². The maximum Gasteiger partial charge on any atom is 0.419 e. The van der Waals surface area contributed by atoms with Crippen molar-refractivity contribution < 1.29 is 13.2 Å². The van der Waals surface area contributed by atoms with Crippen LogP contribution in [0.15, 0.2) is 16.7 Å². The molecule has 2 nitrogen and oxygen atoms in total. The molecule has 1 aromatic rings. The van der Waals surface area contributed by atoms with Crippen molar-refractivity contribution in [2.24, 2.45) is 5.41 Å². The lowest BCUT2D eigenvalue weighted by molar-refractivity contribution is -0.137. The zero-order valence-corrected chi connectivity index (χ0v) is 14.2. The summed E-state index contributed by atoms with van der Waals surface area (Å²) in [4.78, 5) is 3.87. The second-order valence-electron chi connectivity index (χ2n) is 6.02. The molecule has 6 heteroatoms. The van der Waals surface area contributed by atoms with Crippen LogP contribution in [0, 0.1) is 5.41 Å². The standard InChI is InChI=1S/C15H22BrF3N2/c1-4-5-6-7-14(2,3)10-21-13-12(15(17,18)19)8-11(16)9-20-13/h8-9H,4-7,10H2,1-3H3,(H,20,21). The summed E-state index contributed by atoms with van der Waals surface area (Å²) < 4.78 is 39.3. The van der Waals surface area contributed by atoms with Gasteiger partial charge >= 0.3 is 6.18 Å². The van der Waals surface area contributed by atoms with E-state index in [1.165, 1.54) is 6.20 Å². The van der Waals surface area contributed by atoms with E-state index in [9.17, 15) is 13.2 Å². The predicted octanol–water partition coefficient (Wildman–Crippen LogP) is 5.88. The number of anilines is 1. The summed E-state index contributed by atoms with van der Waals surface area (Å²) in [5.74, 6) is -0.103. The van der Waals surface area contributed by atoms with E-state index in [-0.39, 0.29) is 11.2 Å². The number of pyridine rings is 1. The third kappa shape index (κ3) is 6.24. The van der Waals surface area contributed by atoms with Gasteiger partial charge in [-0.1, -0.05) is 40.0 Å². The van der Waals surface area contributed by atoms with Gasteiger partial charge in [0.2, 0.25) is 0 Å². The second-order valence-corrected chi connectivity index (χ2v) is 6.94. The van der Waals surface area contributed by atoms with Crippen molar-refractivity contribution >= 4 is 21.7 Å². The molecule has 0 aliphatic carbocycles. The topological polar surface area (TPSA) is 24.9 Å². The third-order valence-corrected chi connectivity index (χ3v) is 3.78. The van der Waals surface area contributed by atoms with Gasteiger partial charge < -0.3 is 5.32 Å². The zero-order chi connectivity index (χ0) is 16.1. The van der Waals surface area contributed by atoms with Gasteiger partial charge in [-0.25, -0.2) is 4.98 Å². The SMILES string of the molecule is CCCCCC(C)(C)CNc1ncc(Br)cc1C(F)(F)F. The van der Waals surface area contributed by atoms with Crippen molar-refractivity contribution in [3.8, 4) is 0 Å². The van der Waals surface area contributed by atoms with Crippen LogP contribution >= 0.6 is 15.9 Å². The third-order valence-electron chi connectivity index (χ3n) is 3.35. The molecule has 0 amide bonds. The van der Waals surface area contributed by atoms with Crippen LogP contribution in [-0.4, -0.2) is 11.5 Å². The monoisotopic (exact) mass is 366 g/mol. The molecule has 1 heterocycles. The molecular formula is C15H22BrF3N2. The van der Waals surface area contributed by atoms with Gasteiger partial charge in [0.05, 0.1) is 5.56 Å². The predicted molar refractivity (Wildman–Crippen MR) is 83.4 cm³/mol. The van der Waals surface area contributed by atoms with Crippen LogP contribution < -0.4 is 5.32 Å². The molecule has 21 heavy (non-hydrogen) atoms. The van der Waals surface area contributed by atoms with Gasteiger partial charge in [0.15, 0.2) is 0 Å². The summed E-state index contributed by atoms with van der Waals surface area (Å²) in [5.41, 5.74) is -0.798. The molecule has 0 aliphatic rings. The van der Waals surface area contributed by atoms with E-state index in [1.807, 2.05) is 0 Å². The Balaban J connectivity index is 2.75. The summed E-state index contributed by atoms with van der Waals surface area (Å²) in [7, 11) is 0. The molecule has 1 aromatic heterocycles. The summed E-state index contributed by atoms with van der Waals surface area (Å²) >= 11 is 3.03. The number of alkyl halides is 3. The lowest BCUT2D eigenvalue weighted by atomic mass is 9.87. The maximum atomic E-state index is 13.0. The Bertz CT molecular complexity index is 459. The first-order valence-electron chi connectivity index (χ1n) is 7.12. The first-order valence-corrected chi connectivity index (χ1v) is 7.91. The maximum absolute atomic E-state index is 13.0. The van der Waals surface area contributed by atoms with E-state index in [0.29, 0.717) is 11.0 Å². The van der Waals surface area contributed by atoms with E-state index < -0.39 is 11.7 Å². The van der Waals surface area contributed by atoms with Crippen molar-refractivity contribution in [2.45, 2.75) is 52.6 Å². The molecule has 0 bridgehead atoms. The highest BCUT2D eigenvalue weighted by Crippen LogP contribution is 2.36. The molecule has 0 spiro atoms. The molecule has 0 atom stereocenters. The van der Waals surface area contributed by atoms with Crippen LogP contribution in [0.3, 0.4) is 0 Å². The highest BCUT2D eigenvalue weighted by Gasteiger charge is 2.35. The summed E-state index contributed by atoms with van der Waals surface area (Å²) in [6.07, 6.45) is 1.31. The Labute approximate surface area is 132 Å². The molecule has 0 unspecified atom stereocenters. The first kappa shape index (κ1) is 18.3. The fourth-order valence-electron chi connectivity index (χ4n) is 2.06. The van der Waals surface area contributed by atoms with Crippen molar-refractivity contribution in [3.63, 3.8) is 0 Å². The van der Waals surface area contributed by atoms with E-state index in [0.717, 1.165) is 31.7 Å². The number of hydrogen-bond donors (Lipinski definition) is 1. The lowest BCUT2D eigenvalue weighted by Crippen LogP contribution is -2.25. The Hall–Kier alpha value is -0.780. The quantitative estimate of drug-likeness (QED) is 0.609. The van der Waals surface area contributed by atoms with Gasteiger partial charge in [0, 0.05) is 17.2 Å². The van der Waals surface area contributed by atoms with E-state index in [1.54, 1.807) is 0 Å². The van der Waals surface area contributed by atoms with Crippen molar-refractivity contribution in [1.29, 1.82) is 0 Å². The van der Waals surface area contributed by atoms with Gasteiger partial charge in [-0.05, 0) is 33.8 Å². The van der Waals surface area contributed by atoms with Crippen molar-refractivity contribution in [2.75, 3.05) is 11.9 Å². The van der Waals surface area contributed by atoms with Crippen LogP contribution in [0.2, 0.25) is 0 Å². The fraction of sp³-hybridized carbons (Fsp3) is 0.667. The van der Waals surface area contributed by atoms with Gasteiger partial charge in [-0.15, -0.1) is 0 Å². The number of hydrogen-bond acceptors (Lipinski definition) is 2. The normalized spacial score (nSPS) is 12.5. The Morgan fingerprint density at radius 2 is 1.90 bits per heavy atom. The van der Waals surface area contributed by atoms with Crippen molar-refractivity contribution in [3.05, 3.63) is 22.3 Å². The number of halogens is 4. The number of nitrogens with zero attached hydrogens (tertiary/aromatic N) is 1. The second kappa shape index (κ2) is 7.47. The molecule has 0 fully saturated rings. The van der Waals surface area contributed by atoms with Crippen LogP contribution in [0.25, 0.3) is 0 Å². The summed E-state index contributed by atoms with van der Waals surface area (Å²) in [6.45, 7) is 6.71. The number of nitrogens with one attached hydrogen (secondary N) is 1. The smallest absolute Gasteiger partial charge is 0.369 e. The fourth-order valence-corrected chi connectivity index (χ4v) is 2.39. The summed E-state index contributed by atoms with van der Waals surface area (Å²) in [6, 6.07) is 1.05. The molecule has 120 valence electrons. The molecule has 0 saturated heterocycles. The minimum atomic E-state index is -4.41. The molecular weight excluding hydrogens is 345 g/mol. The number of rotatable bonds is 7. The van der Waals surface area contributed by atoms with Crippen LogP contribution in [0.4, 0.5) is 19.0 Å². The Morgan fingerprint density at radius 3 is 2.48 bits per heavy atom. The Morgan fingerprint density at radius 1 is 1.24 bits per heavy atom. The highest BCUT2D eigenvalue weighted by molar-refractivity contribution is 9.10. The first-order chi connectivity index (χ1) is 9.65. The summed E-state index contributed by atoms with van der Waals surface area (Å²) in [5, 5.41) is 2.86. The average Bonchev–Trinajstić information content (AvgIpc) is 2.36. The number of unbranched alkanes of at least 4 members (excludes halogenated alkanes) is 2. The van der Waals surface area contributed by atoms with Gasteiger partial charge in [0.1, 0.15) is 5.82 Å². The Kier molecular flexibility index (Phi) is 6.50. The number of aromatic nitrogens is 1. The molecule has 1 rings (SSSR count). The van der Waals surface area contributed by atoms with Gasteiger partial charge in [0.25, 0.3) is 0 Å². The molecule has 0 radical (unpaired) electrons. The van der Waals surface area contributed by atoms with Crippen LogP contribution in [-0.2, 0) is 6.18 Å². The van der Waals surface area contributed by atoms with E-state index >= 15 is 0 Å². The minimum absolute atomic E-state index is 0.0627. The molecule has 0 saturated carbocycles.